The van der Waals surface area contributed by atoms with Gasteiger partial charge in [0.2, 0.25) is 0 Å². The smallest absolute Gasteiger partial charge is 0.293 e. The quantitative estimate of drug-likeness (QED) is 0.666. The molecular formula is C18H16N2O5. The highest BCUT2D eigenvalue weighted by Gasteiger charge is 2.23. The predicted molar refractivity (Wildman–Crippen MR) is 91.1 cm³/mol. The molecule has 2 aromatic carbocycles. The Morgan fingerprint density at radius 1 is 1.24 bits per heavy atom. The molecule has 0 radical (unpaired) electrons. The summed E-state index contributed by atoms with van der Waals surface area (Å²) in [5.41, 5.74) is 2.03. The van der Waals surface area contributed by atoms with Crippen molar-refractivity contribution in [2.24, 2.45) is 0 Å². The van der Waals surface area contributed by atoms with Gasteiger partial charge in [0.05, 0.1) is 4.92 Å². The zero-order valence-corrected chi connectivity index (χ0v) is 13.6. The summed E-state index contributed by atoms with van der Waals surface area (Å²) in [6.45, 7) is 1.38. The van der Waals surface area contributed by atoms with Crippen molar-refractivity contribution >= 4 is 23.1 Å². The van der Waals surface area contributed by atoms with Crippen molar-refractivity contribution in [3.05, 3.63) is 63.2 Å². The Kier molecular flexibility index (Phi) is 4.47. The van der Waals surface area contributed by atoms with Crippen molar-refractivity contribution in [1.29, 1.82) is 0 Å². The van der Waals surface area contributed by atoms with Gasteiger partial charge >= 0.3 is 0 Å². The Hall–Kier alpha value is -3.22. The first-order valence-electron chi connectivity index (χ1n) is 7.79. The maximum absolute atomic E-state index is 12.2. The molecule has 1 aliphatic carbocycles. The highest BCUT2D eigenvalue weighted by molar-refractivity contribution is 6.01. The number of para-hydroxylation sites is 1. The van der Waals surface area contributed by atoms with E-state index in [0.29, 0.717) is 29.7 Å². The number of nitro groups is 1. The largest absolute Gasteiger partial charge is 0.483 e. The molecule has 25 heavy (non-hydrogen) atoms. The van der Waals surface area contributed by atoms with Gasteiger partial charge in [-0.3, -0.25) is 19.7 Å². The lowest BCUT2D eigenvalue weighted by Gasteiger charge is -2.12. The number of hydrogen-bond acceptors (Lipinski definition) is 5. The van der Waals surface area contributed by atoms with Crippen LogP contribution in [0.2, 0.25) is 0 Å². The molecule has 2 aromatic rings. The first-order chi connectivity index (χ1) is 12.0. The minimum absolute atomic E-state index is 0.0698. The average molecular weight is 340 g/mol. The molecule has 0 saturated carbocycles. The van der Waals surface area contributed by atoms with Gasteiger partial charge in [-0.1, -0.05) is 24.3 Å². The minimum atomic E-state index is -0.543. The van der Waals surface area contributed by atoms with E-state index >= 15 is 0 Å². The third-order valence-electron chi connectivity index (χ3n) is 4.11. The van der Waals surface area contributed by atoms with Gasteiger partial charge in [0, 0.05) is 23.6 Å². The van der Waals surface area contributed by atoms with E-state index in [1.807, 2.05) is 0 Å². The third kappa shape index (κ3) is 3.35. The number of rotatable bonds is 5. The highest BCUT2D eigenvalue weighted by Crippen LogP contribution is 2.31. The number of carbonyl (C=O) groups excluding carboxylic acids is 2. The van der Waals surface area contributed by atoms with Gasteiger partial charge in [-0.2, -0.15) is 0 Å². The lowest BCUT2D eigenvalue weighted by molar-refractivity contribution is -0.384. The van der Waals surface area contributed by atoms with Crippen LogP contribution in [0.5, 0.6) is 5.75 Å². The number of nitrogens with zero attached hydrogens (tertiary/aromatic N) is 1. The summed E-state index contributed by atoms with van der Waals surface area (Å²) in [5, 5.41) is 13.6. The first kappa shape index (κ1) is 16.6. The molecule has 1 amide bonds. The Morgan fingerprint density at radius 2 is 2.00 bits per heavy atom. The van der Waals surface area contributed by atoms with Crippen LogP contribution < -0.4 is 10.1 Å². The SMILES string of the molecule is Cc1cccc([N+](=O)[O-])c1NC(=O)COc1cccc2c1CCC2=O. The molecule has 0 aromatic heterocycles. The van der Waals surface area contributed by atoms with Crippen LogP contribution in [0.4, 0.5) is 11.4 Å². The van der Waals surface area contributed by atoms with Crippen molar-refractivity contribution in [1.82, 2.24) is 0 Å². The van der Waals surface area contributed by atoms with E-state index in [2.05, 4.69) is 5.32 Å². The number of hydrogen-bond donors (Lipinski definition) is 1. The van der Waals surface area contributed by atoms with E-state index in [1.165, 1.54) is 6.07 Å². The molecule has 128 valence electrons. The molecule has 0 unspecified atom stereocenters. The Bertz CT molecular complexity index is 876. The second kappa shape index (κ2) is 6.72. The second-order valence-corrected chi connectivity index (χ2v) is 5.77. The lowest BCUT2D eigenvalue weighted by Crippen LogP contribution is -2.21. The second-order valence-electron chi connectivity index (χ2n) is 5.77. The summed E-state index contributed by atoms with van der Waals surface area (Å²) in [7, 11) is 0. The third-order valence-corrected chi connectivity index (χ3v) is 4.11. The number of anilines is 1. The summed E-state index contributed by atoms with van der Waals surface area (Å²) >= 11 is 0. The van der Waals surface area contributed by atoms with E-state index in [9.17, 15) is 19.7 Å². The summed E-state index contributed by atoms with van der Waals surface area (Å²) in [6.07, 6.45) is 1.03. The summed E-state index contributed by atoms with van der Waals surface area (Å²) < 4.78 is 5.54. The van der Waals surface area contributed by atoms with Crippen LogP contribution in [0.3, 0.4) is 0 Å². The number of ether oxygens (including phenoxy) is 1. The van der Waals surface area contributed by atoms with Crippen molar-refractivity contribution in [3.63, 3.8) is 0 Å². The van der Waals surface area contributed by atoms with E-state index in [0.717, 1.165) is 5.56 Å². The van der Waals surface area contributed by atoms with Crippen LogP contribution in [-0.2, 0) is 11.2 Å². The lowest BCUT2D eigenvalue weighted by atomic mass is 10.1. The standard InChI is InChI=1S/C18H16N2O5/c1-11-4-2-6-14(20(23)24)18(11)19-17(22)10-25-16-7-3-5-12-13(16)8-9-15(12)21/h2-7H,8-10H2,1H3,(H,19,22). The van der Waals surface area contributed by atoms with Gasteiger partial charge in [0.25, 0.3) is 11.6 Å². The van der Waals surface area contributed by atoms with Gasteiger partial charge in [-0.15, -0.1) is 0 Å². The van der Waals surface area contributed by atoms with E-state index in [4.69, 9.17) is 4.74 Å². The van der Waals surface area contributed by atoms with Crippen molar-refractivity contribution in [3.8, 4) is 5.75 Å². The average Bonchev–Trinajstić information content (AvgIpc) is 2.96. The number of amides is 1. The number of aryl methyl sites for hydroxylation is 1. The molecule has 0 atom stereocenters. The molecule has 0 spiro atoms. The maximum atomic E-state index is 12.2. The number of ketones is 1. The molecule has 0 saturated heterocycles. The van der Waals surface area contributed by atoms with Gasteiger partial charge in [-0.25, -0.2) is 0 Å². The molecule has 1 N–H and O–H groups in total. The molecule has 0 bridgehead atoms. The Labute approximate surface area is 143 Å². The zero-order valence-electron chi connectivity index (χ0n) is 13.6. The molecule has 7 heteroatoms. The number of nitro benzene ring substituents is 1. The molecule has 0 aliphatic heterocycles. The van der Waals surface area contributed by atoms with Crippen LogP contribution in [0.25, 0.3) is 0 Å². The van der Waals surface area contributed by atoms with Gasteiger partial charge in [-0.05, 0) is 25.0 Å². The van der Waals surface area contributed by atoms with E-state index < -0.39 is 10.8 Å². The maximum Gasteiger partial charge on any atom is 0.293 e. The normalized spacial score (nSPS) is 12.6. The molecule has 1 aliphatic rings. The minimum Gasteiger partial charge on any atom is -0.483 e. The number of carbonyl (C=O) groups is 2. The number of nitrogens with one attached hydrogen (secondary N) is 1. The van der Waals surface area contributed by atoms with Crippen LogP contribution in [0.15, 0.2) is 36.4 Å². The van der Waals surface area contributed by atoms with Crippen molar-refractivity contribution in [2.75, 3.05) is 11.9 Å². The first-order valence-corrected chi connectivity index (χ1v) is 7.79. The number of fused-ring (bicyclic) bond motifs is 1. The van der Waals surface area contributed by atoms with Crippen molar-refractivity contribution < 1.29 is 19.2 Å². The predicted octanol–water partition coefficient (Wildman–Crippen LogP) is 3.05. The van der Waals surface area contributed by atoms with E-state index in [1.54, 1.807) is 37.3 Å². The number of benzene rings is 2. The summed E-state index contributed by atoms with van der Waals surface area (Å²) in [6, 6.07) is 9.74. The summed E-state index contributed by atoms with van der Waals surface area (Å²) in [4.78, 5) is 34.4. The highest BCUT2D eigenvalue weighted by atomic mass is 16.6. The fourth-order valence-corrected chi connectivity index (χ4v) is 2.88. The molecule has 0 heterocycles. The Morgan fingerprint density at radius 3 is 2.76 bits per heavy atom. The molecular weight excluding hydrogens is 324 g/mol. The van der Waals surface area contributed by atoms with Crippen LogP contribution in [0.1, 0.15) is 27.9 Å². The fourth-order valence-electron chi connectivity index (χ4n) is 2.88. The molecule has 7 nitrogen and oxygen atoms in total. The van der Waals surface area contributed by atoms with Crippen LogP contribution in [-0.4, -0.2) is 23.2 Å². The molecule has 0 fully saturated rings. The van der Waals surface area contributed by atoms with Gasteiger partial charge < -0.3 is 10.1 Å². The van der Waals surface area contributed by atoms with Crippen molar-refractivity contribution in [2.45, 2.75) is 19.8 Å². The number of Topliss-reactive ketones (excluding diaryl/α,β-unsaturated/α-hetero) is 1. The van der Waals surface area contributed by atoms with Crippen LogP contribution in [0, 0.1) is 17.0 Å². The summed E-state index contributed by atoms with van der Waals surface area (Å²) in [5.74, 6) is 0.0672. The van der Waals surface area contributed by atoms with Gasteiger partial charge in [0.15, 0.2) is 12.4 Å². The topological polar surface area (TPSA) is 98.5 Å². The van der Waals surface area contributed by atoms with E-state index in [-0.39, 0.29) is 23.8 Å². The zero-order chi connectivity index (χ0) is 18.0. The van der Waals surface area contributed by atoms with Crippen LogP contribution >= 0.6 is 0 Å². The molecule has 3 rings (SSSR count). The monoisotopic (exact) mass is 340 g/mol. The van der Waals surface area contributed by atoms with Gasteiger partial charge in [0.1, 0.15) is 11.4 Å². The fraction of sp³-hybridized carbons (Fsp3) is 0.222. The Balaban J connectivity index is 1.71.